The van der Waals surface area contributed by atoms with Gasteiger partial charge in [-0.15, -0.1) is 16.7 Å². The minimum absolute atomic E-state index is 0.404. The predicted molar refractivity (Wildman–Crippen MR) is 80.3 cm³/mol. The smallest absolute Gasteiger partial charge is 0.151 e. The molecule has 20 heavy (non-hydrogen) atoms. The SMILES string of the molecule is ClCc1ccc(N2CCN(c3ccccn3)CC2)nn1. The average Bonchev–Trinajstić information content (AvgIpc) is 2.56. The topological polar surface area (TPSA) is 45.2 Å². The van der Waals surface area contributed by atoms with Gasteiger partial charge in [-0.05, 0) is 24.3 Å². The first-order chi connectivity index (χ1) is 9.86. The highest BCUT2D eigenvalue weighted by Gasteiger charge is 2.19. The first kappa shape index (κ1) is 13.1. The maximum Gasteiger partial charge on any atom is 0.151 e. The molecule has 2 aromatic heterocycles. The summed E-state index contributed by atoms with van der Waals surface area (Å²) in [5, 5.41) is 8.33. The number of nitrogens with zero attached hydrogens (tertiary/aromatic N) is 5. The number of rotatable bonds is 3. The summed E-state index contributed by atoms with van der Waals surface area (Å²) in [6, 6.07) is 9.92. The summed E-state index contributed by atoms with van der Waals surface area (Å²) in [5.41, 5.74) is 0.808. The van der Waals surface area contributed by atoms with Crippen LogP contribution in [-0.4, -0.2) is 41.4 Å². The molecule has 0 saturated carbocycles. The van der Waals surface area contributed by atoms with Crippen LogP contribution in [0.2, 0.25) is 0 Å². The predicted octanol–water partition coefficient (Wildman–Crippen LogP) is 1.94. The molecule has 0 aliphatic carbocycles. The van der Waals surface area contributed by atoms with Gasteiger partial charge in [0, 0.05) is 32.4 Å². The Hall–Kier alpha value is -1.88. The number of hydrogen-bond donors (Lipinski definition) is 0. The zero-order valence-electron chi connectivity index (χ0n) is 11.1. The summed E-state index contributed by atoms with van der Waals surface area (Å²) in [5.74, 6) is 2.36. The monoisotopic (exact) mass is 289 g/mol. The maximum absolute atomic E-state index is 5.72. The van der Waals surface area contributed by atoms with Crippen LogP contribution in [0.15, 0.2) is 36.5 Å². The van der Waals surface area contributed by atoms with Crippen molar-refractivity contribution in [2.45, 2.75) is 5.88 Å². The molecule has 3 heterocycles. The fourth-order valence-corrected chi connectivity index (χ4v) is 2.44. The van der Waals surface area contributed by atoms with Crippen LogP contribution in [0.25, 0.3) is 0 Å². The molecule has 104 valence electrons. The quantitative estimate of drug-likeness (QED) is 0.808. The van der Waals surface area contributed by atoms with E-state index in [9.17, 15) is 0 Å². The Balaban J connectivity index is 1.63. The second-order valence-corrected chi connectivity index (χ2v) is 4.95. The van der Waals surface area contributed by atoms with E-state index in [2.05, 4.69) is 25.0 Å². The van der Waals surface area contributed by atoms with Crippen LogP contribution in [0.1, 0.15) is 5.69 Å². The Morgan fingerprint density at radius 3 is 2.20 bits per heavy atom. The number of alkyl halides is 1. The van der Waals surface area contributed by atoms with Crippen molar-refractivity contribution in [2.24, 2.45) is 0 Å². The molecule has 1 saturated heterocycles. The van der Waals surface area contributed by atoms with E-state index in [1.807, 2.05) is 36.5 Å². The lowest BCUT2D eigenvalue weighted by Crippen LogP contribution is -2.47. The van der Waals surface area contributed by atoms with Gasteiger partial charge in [0.25, 0.3) is 0 Å². The standard InChI is InChI=1S/C14H16ClN5/c15-11-12-4-5-14(18-17-12)20-9-7-19(8-10-20)13-3-1-2-6-16-13/h1-6H,7-11H2. The number of anilines is 2. The van der Waals surface area contributed by atoms with Gasteiger partial charge >= 0.3 is 0 Å². The van der Waals surface area contributed by atoms with Gasteiger partial charge in [0.05, 0.1) is 11.6 Å². The number of piperazine rings is 1. The van der Waals surface area contributed by atoms with Crippen molar-refractivity contribution in [2.75, 3.05) is 36.0 Å². The molecule has 0 unspecified atom stereocenters. The maximum atomic E-state index is 5.72. The van der Waals surface area contributed by atoms with Crippen LogP contribution in [0.5, 0.6) is 0 Å². The van der Waals surface area contributed by atoms with Crippen molar-refractivity contribution >= 4 is 23.2 Å². The average molecular weight is 290 g/mol. The number of pyridine rings is 1. The molecule has 0 bridgehead atoms. The van der Waals surface area contributed by atoms with Gasteiger partial charge in [-0.2, -0.15) is 5.10 Å². The molecule has 0 amide bonds. The van der Waals surface area contributed by atoms with Gasteiger partial charge in [0.15, 0.2) is 5.82 Å². The zero-order valence-corrected chi connectivity index (χ0v) is 11.9. The van der Waals surface area contributed by atoms with E-state index in [4.69, 9.17) is 11.6 Å². The zero-order chi connectivity index (χ0) is 13.8. The summed E-state index contributed by atoms with van der Waals surface area (Å²) in [6.45, 7) is 3.73. The highest BCUT2D eigenvalue weighted by molar-refractivity contribution is 6.16. The van der Waals surface area contributed by atoms with Crippen LogP contribution in [-0.2, 0) is 5.88 Å². The molecular formula is C14H16ClN5. The van der Waals surface area contributed by atoms with Gasteiger partial charge in [0.1, 0.15) is 5.82 Å². The normalized spacial score (nSPS) is 15.4. The first-order valence-corrected chi connectivity index (χ1v) is 7.20. The summed E-state index contributed by atoms with van der Waals surface area (Å²) in [7, 11) is 0. The van der Waals surface area contributed by atoms with Crippen molar-refractivity contribution in [3.63, 3.8) is 0 Å². The van der Waals surface area contributed by atoms with E-state index >= 15 is 0 Å². The van der Waals surface area contributed by atoms with E-state index in [0.717, 1.165) is 43.5 Å². The van der Waals surface area contributed by atoms with Gasteiger partial charge in [-0.25, -0.2) is 4.98 Å². The van der Waals surface area contributed by atoms with E-state index in [-0.39, 0.29) is 0 Å². The third-order valence-corrected chi connectivity index (χ3v) is 3.69. The molecule has 1 aliphatic heterocycles. The number of aromatic nitrogens is 3. The Morgan fingerprint density at radius 1 is 0.900 bits per heavy atom. The van der Waals surface area contributed by atoms with Crippen LogP contribution >= 0.6 is 11.6 Å². The van der Waals surface area contributed by atoms with Crippen molar-refractivity contribution in [1.82, 2.24) is 15.2 Å². The second kappa shape index (κ2) is 6.05. The first-order valence-electron chi connectivity index (χ1n) is 6.66. The fourth-order valence-electron chi connectivity index (χ4n) is 2.30. The molecule has 0 N–H and O–H groups in total. The third kappa shape index (κ3) is 2.82. The number of hydrogen-bond acceptors (Lipinski definition) is 5. The van der Waals surface area contributed by atoms with Gasteiger partial charge < -0.3 is 9.80 Å². The molecule has 0 spiro atoms. The number of halogens is 1. The van der Waals surface area contributed by atoms with Gasteiger partial charge in [-0.1, -0.05) is 6.07 Å². The third-order valence-electron chi connectivity index (χ3n) is 3.42. The molecule has 0 atom stereocenters. The van der Waals surface area contributed by atoms with Crippen molar-refractivity contribution in [3.8, 4) is 0 Å². The highest BCUT2D eigenvalue weighted by Crippen LogP contribution is 2.16. The lowest BCUT2D eigenvalue weighted by atomic mass is 10.3. The summed E-state index contributed by atoms with van der Waals surface area (Å²) >= 11 is 5.72. The molecule has 6 heteroatoms. The lowest BCUT2D eigenvalue weighted by molar-refractivity contribution is 0.637. The molecule has 1 aliphatic rings. The minimum Gasteiger partial charge on any atom is -0.353 e. The van der Waals surface area contributed by atoms with Crippen molar-refractivity contribution in [3.05, 3.63) is 42.2 Å². The van der Waals surface area contributed by atoms with E-state index in [1.165, 1.54) is 0 Å². The van der Waals surface area contributed by atoms with Crippen LogP contribution in [0.4, 0.5) is 11.6 Å². The van der Waals surface area contributed by atoms with Crippen LogP contribution < -0.4 is 9.80 Å². The largest absolute Gasteiger partial charge is 0.353 e. The molecule has 5 nitrogen and oxygen atoms in total. The van der Waals surface area contributed by atoms with Crippen LogP contribution in [0, 0.1) is 0 Å². The molecule has 3 rings (SSSR count). The van der Waals surface area contributed by atoms with E-state index in [1.54, 1.807) is 0 Å². The van der Waals surface area contributed by atoms with Crippen LogP contribution in [0.3, 0.4) is 0 Å². The second-order valence-electron chi connectivity index (χ2n) is 4.68. The summed E-state index contributed by atoms with van der Waals surface area (Å²) in [6.07, 6.45) is 1.83. The van der Waals surface area contributed by atoms with Crippen molar-refractivity contribution < 1.29 is 0 Å². The molecule has 0 aromatic carbocycles. The molecular weight excluding hydrogens is 274 g/mol. The highest BCUT2D eigenvalue weighted by atomic mass is 35.5. The van der Waals surface area contributed by atoms with E-state index < -0.39 is 0 Å². The summed E-state index contributed by atoms with van der Waals surface area (Å²) < 4.78 is 0. The molecule has 2 aromatic rings. The van der Waals surface area contributed by atoms with Gasteiger partial charge in [0.2, 0.25) is 0 Å². The Bertz CT molecular complexity index is 537. The Morgan fingerprint density at radius 2 is 1.65 bits per heavy atom. The summed E-state index contributed by atoms with van der Waals surface area (Å²) in [4.78, 5) is 8.92. The van der Waals surface area contributed by atoms with E-state index in [0.29, 0.717) is 5.88 Å². The fraction of sp³-hybridized carbons (Fsp3) is 0.357. The minimum atomic E-state index is 0.404. The van der Waals surface area contributed by atoms with Crippen molar-refractivity contribution in [1.29, 1.82) is 0 Å². The van der Waals surface area contributed by atoms with Gasteiger partial charge in [-0.3, -0.25) is 0 Å². The Kier molecular flexibility index (Phi) is 3.97. The lowest BCUT2D eigenvalue weighted by Gasteiger charge is -2.35. The Labute approximate surface area is 123 Å². The molecule has 1 fully saturated rings. The molecule has 0 radical (unpaired) electrons.